The molecular weight excluding hydrogens is 389 g/mol. The summed E-state index contributed by atoms with van der Waals surface area (Å²) in [7, 11) is 1.54. The van der Waals surface area contributed by atoms with Crippen LogP contribution in [0.15, 0.2) is 64.3 Å². The minimum absolute atomic E-state index is 0.0211. The Kier molecular flexibility index (Phi) is 5.37. The molecule has 1 aliphatic rings. The van der Waals surface area contributed by atoms with E-state index in [0.29, 0.717) is 24.5 Å². The fourth-order valence-electron chi connectivity index (χ4n) is 3.66. The highest BCUT2D eigenvalue weighted by Crippen LogP contribution is 2.38. The molecule has 1 atom stereocenters. The Morgan fingerprint density at radius 1 is 1.20 bits per heavy atom. The number of halogens is 1. The van der Waals surface area contributed by atoms with Gasteiger partial charge in [-0.15, -0.1) is 0 Å². The number of nitrogens with zero attached hydrogens (tertiary/aromatic N) is 1. The molecule has 0 N–H and O–H groups in total. The summed E-state index contributed by atoms with van der Waals surface area (Å²) < 4.78 is 30.2. The van der Waals surface area contributed by atoms with E-state index >= 15 is 0 Å². The maximum absolute atomic E-state index is 13.8. The number of fused-ring (bicyclic) bond motifs is 2. The van der Waals surface area contributed by atoms with Gasteiger partial charge in [0.25, 0.3) is 5.91 Å². The zero-order valence-corrected chi connectivity index (χ0v) is 16.4. The van der Waals surface area contributed by atoms with Gasteiger partial charge in [-0.1, -0.05) is 24.8 Å². The Bertz CT molecular complexity index is 1170. The topological polar surface area (TPSA) is 69.0 Å². The van der Waals surface area contributed by atoms with Crippen LogP contribution in [-0.2, 0) is 4.74 Å². The number of carbonyl (C=O) groups excluding carboxylic acids is 1. The zero-order chi connectivity index (χ0) is 21.3. The Morgan fingerprint density at radius 2 is 1.97 bits per heavy atom. The van der Waals surface area contributed by atoms with Gasteiger partial charge in [0.2, 0.25) is 5.76 Å². The molecule has 0 saturated heterocycles. The molecule has 0 bridgehead atoms. The lowest BCUT2D eigenvalue weighted by Gasteiger charge is -2.25. The van der Waals surface area contributed by atoms with Gasteiger partial charge < -0.3 is 18.8 Å². The molecule has 1 aliphatic heterocycles. The lowest BCUT2D eigenvalue weighted by Crippen LogP contribution is -2.32. The van der Waals surface area contributed by atoms with Crippen molar-refractivity contribution >= 4 is 16.9 Å². The van der Waals surface area contributed by atoms with Crippen molar-refractivity contribution < 1.29 is 23.1 Å². The van der Waals surface area contributed by atoms with Gasteiger partial charge in [-0.2, -0.15) is 0 Å². The van der Waals surface area contributed by atoms with Crippen LogP contribution in [0.5, 0.6) is 5.75 Å². The number of rotatable bonds is 7. The quantitative estimate of drug-likeness (QED) is 0.557. The molecule has 154 valence electrons. The first-order valence-electron chi connectivity index (χ1n) is 9.45. The van der Waals surface area contributed by atoms with E-state index in [4.69, 9.17) is 13.9 Å². The van der Waals surface area contributed by atoms with Crippen molar-refractivity contribution in [3.63, 3.8) is 0 Å². The first-order chi connectivity index (χ1) is 14.5. The van der Waals surface area contributed by atoms with Crippen LogP contribution in [0, 0.1) is 5.82 Å². The average Bonchev–Trinajstić information content (AvgIpc) is 3.03. The van der Waals surface area contributed by atoms with Crippen LogP contribution in [0.3, 0.4) is 0 Å². The Morgan fingerprint density at radius 3 is 2.67 bits per heavy atom. The van der Waals surface area contributed by atoms with Gasteiger partial charge in [-0.05, 0) is 35.9 Å². The number of carbonyl (C=O) groups is 1. The van der Waals surface area contributed by atoms with Gasteiger partial charge in [0.1, 0.15) is 23.8 Å². The van der Waals surface area contributed by atoms with Crippen molar-refractivity contribution in [2.24, 2.45) is 0 Å². The molecule has 1 amide bonds. The van der Waals surface area contributed by atoms with E-state index in [1.165, 1.54) is 24.1 Å². The third-order valence-corrected chi connectivity index (χ3v) is 5.03. The summed E-state index contributed by atoms with van der Waals surface area (Å²) >= 11 is 0. The molecule has 7 heteroatoms. The SMILES string of the molecule is C=CCOc1ccc(C2c3c(oc4ccc(F)cc4c3=O)C(=O)N2CCOC)cc1. The van der Waals surface area contributed by atoms with E-state index in [2.05, 4.69) is 6.58 Å². The van der Waals surface area contributed by atoms with E-state index in [9.17, 15) is 14.0 Å². The van der Waals surface area contributed by atoms with E-state index in [0.717, 1.165) is 6.07 Å². The summed E-state index contributed by atoms with van der Waals surface area (Å²) in [5.41, 5.74) is 0.672. The highest BCUT2D eigenvalue weighted by molar-refractivity contribution is 5.99. The highest BCUT2D eigenvalue weighted by atomic mass is 19.1. The summed E-state index contributed by atoms with van der Waals surface area (Å²) in [5.74, 6) is -0.329. The summed E-state index contributed by atoms with van der Waals surface area (Å²) in [6.45, 7) is 4.54. The highest BCUT2D eigenvalue weighted by Gasteiger charge is 2.42. The van der Waals surface area contributed by atoms with Crippen molar-refractivity contribution in [2.75, 3.05) is 26.9 Å². The first kappa shape index (κ1) is 19.8. The maximum atomic E-state index is 13.8. The molecule has 4 rings (SSSR count). The Labute approximate surface area is 172 Å². The number of benzene rings is 2. The number of amides is 1. The molecule has 0 aliphatic carbocycles. The number of methoxy groups -OCH3 is 1. The molecule has 30 heavy (non-hydrogen) atoms. The second-order valence-electron chi connectivity index (χ2n) is 6.88. The van der Waals surface area contributed by atoms with Crippen LogP contribution in [0.2, 0.25) is 0 Å². The summed E-state index contributed by atoms with van der Waals surface area (Å²) in [6, 6.07) is 10.1. The second-order valence-corrected chi connectivity index (χ2v) is 6.88. The molecule has 2 aromatic carbocycles. The molecule has 0 radical (unpaired) electrons. The fraction of sp³-hybridized carbons (Fsp3) is 0.217. The van der Waals surface area contributed by atoms with Crippen molar-refractivity contribution in [3.05, 3.63) is 88.0 Å². The monoisotopic (exact) mass is 409 g/mol. The largest absolute Gasteiger partial charge is 0.490 e. The van der Waals surface area contributed by atoms with Crippen molar-refractivity contribution in [1.82, 2.24) is 4.90 Å². The maximum Gasteiger partial charge on any atom is 0.290 e. The van der Waals surface area contributed by atoms with E-state index in [1.807, 2.05) is 0 Å². The second kappa shape index (κ2) is 8.12. The normalized spacial score (nSPS) is 15.5. The molecule has 1 aromatic heterocycles. The van der Waals surface area contributed by atoms with Crippen molar-refractivity contribution in [3.8, 4) is 5.75 Å². The molecule has 6 nitrogen and oxygen atoms in total. The number of ether oxygens (including phenoxy) is 2. The fourth-order valence-corrected chi connectivity index (χ4v) is 3.66. The van der Waals surface area contributed by atoms with Gasteiger partial charge in [-0.3, -0.25) is 9.59 Å². The molecule has 0 saturated carbocycles. The molecule has 0 spiro atoms. The minimum Gasteiger partial charge on any atom is -0.490 e. The summed E-state index contributed by atoms with van der Waals surface area (Å²) in [5, 5.41) is 0.103. The first-order valence-corrected chi connectivity index (χ1v) is 9.45. The van der Waals surface area contributed by atoms with Gasteiger partial charge >= 0.3 is 0 Å². The predicted molar refractivity (Wildman–Crippen MR) is 109 cm³/mol. The van der Waals surface area contributed by atoms with Gasteiger partial charge in [0, 0.05) is 13.7 Å². The van der Waals surface area contributed by atoms with Crippen LogP contribution in [0.25, 0.3) is 11.0 Å². The third kappa shape index (κ3) is 3.37. The average molecular weight is 409 g/mol. The number of hydrogen-bond donors (Lipinski definition) is 0. The molecule has 3 aromatic rings. The van der Waals surface area contributed by atoms with Crippen molar-refractivity contribution in [2.45, 2.75) is 6.04 Å². The van der Waals surface area contributed by atoms with E-state index in [1.54, 1.807) is 30.3 Å². The Hall–Kier alpha value is -3.45. The third-order valence-electron chi connectivity index (χ3n) is 5.03. The van der Waals surface area contributed by atoms with Crippen LogP contribution in [0.1, 0.15) is 27.7 Å². The van der Waals surface area contributed by atoms with Crippen LogP contribution in [-0.4, -0.2) is 37.7 Å². The van der Waals surface area contributed by atoms with Crippen LogP contribution >= 0.6 is 0 Å². The lowest BCUT2D eigenvalue weighted by atomic mass is 9.98. The van der Waals surface area contributed by atoms with E-state index in [-0.39, 0.29) is 28.8 Å². The molecule has 2 heterocycles. The van der Waals surface area contributed by atoms with E-state index < -0.39 is 23.2 Å². The lowest BCUT2D eigenvalue weighted by molar-refractivity contribution is 0.0663. The summed E-state index contributed by atoms with van der Waals surface area (Å²) in [6.07, 6.45) is 1.64. The smallest absolute Gasteiger partial charge is 0.290 e. The van der Waals surface area contributed by atoms with Crippen LogP contribution < -0.4 is 10.2 Å². The zero-order valence-electron chi connectivity index (χ0n) is 16.4. The summed E-state index contributed by atoms with van der Waals surface area (Å²) in [4.78, 5) is 27.9. The van der Waals surface area contributed by atoms with Gasteiger partial charge in [0.05, 0.1) is 23.6 Å². The number of hydrogen-bond acceptors (Lipinski definition) is 5. The van der Waals surface area contributed by atoms with Gasteiger partial charge in [-0.25, -0.2) is 4.39 Å². The standard InChI is InChI=1S/C23H20FNO5/c1-3-11-29-16-7-4-14(5-8-16)20-19-21(26)17-13-15(24)6-9-18(17)30-22(19)23(27)25(20)10-12-28-2/h3-9,13,20H,1,10-12H2,2H3. The Balaban J connectivity index is 1.86. The minimum atomic E-state index is -0.667. The van der Waals surface area contributed by atoms with Gasteiger partial charge in [0.15, 0.2) is 5.43 Å². The predicted octanol–water partition coefficient (Wildman–Crippen LogP) is 3.69. The van der Waals surface area contributed by atoms with Crippen molar-refractivity contribution in [1.29, 1.82) is 0 Å². The molecular formula is C23H20FNO5. The van der Waals surface area contributed by atoms with Crippen LogP contribution in [0.4, 0.5) is 4.39 Å². The molecule has 1 unspecified atom stereocenters. The molecule has 0 fully saturated rings.